The van der Waals surface area contributed by atoms with Gasteiger partial charge in [0.2, 0.25) is 15.9 Å². The molecule has 2 unspecified atom stereocenters. The van der Waals surface area contributed by atoms with Gasteiger partial charge in [0.1, 0.15) is 0 Å². The normalized spacial score (nSPS) is 22.8. The molecule has 0 bridgehead atoms. The van der Waals surface area contributed by atoms with Gasteiger partial charge in [-0.3, -0.25) is 9.69 Å². The summed E-state index contributed by atoms with van der Waals surface area (Å²) in [6.07, 6.45) is 3.74. The van der Waals surface area contributed by atoms with Crippen molar-refractivity contribution in [1.82, 2.24) is 19.4 Å². The molecule has 2 atom stereocenters. The highest BCUT2D eigenvalue weighted by molar-refractivity contribution is 7.89. The topological polar surface area (TPSA) is 73.0 Å². The summed E-state index contributed by atoms with van der Waals surface area (Å²) in [7, 11) is -3.68. The zero-order chi connectivity index (χ0) is 24.0. The van der Waals surface area contributed by atoms with E-state index in [2.05, 4.69) is 37.9 Å². The van der Waals surface area contributed by atoms with E-state index in [1.54, 1.807) is 12.1 Å². The molecule has 3 rings (SSSR count). The molecule has 1 aromatic rings. The summed E-state index contributed by atoms with van der Waals surface area (Å²) in [5.74, 6) is 0.378. The van der Waals surface area contributed by atoms with Crippen molar-refractivity contribution in [1.29, 1.82) is 0 Å². The van der Waals surface area contributed by atoms with Gasteiger partial charge in [-0.05, 0) is 50.3 Å². The molecule has 0 radical (unpaired) electrons. The van der Waals surface area contributed by atoms with Crippen LogP contribution in [0.2, 0.25) is 0 Å². The Labute approximate surface area is 200 Å². The number of carbonyl (C=O) groups excluding carboxylic acids is 1. The van der Waals surface area contributed by atoms with Crippen molar-refractivity contribution in [2.24, 2.45) is 0 Å². The number of sulfonamides is 1. The summed E-state index contributed by atoms with van der Waals surface area (Å²) in [5, 5.41) is 3.25. The number of amides is 1. The lowest BCUT2D eigenvalue weighted by molar-refractivity contribution is -0.131. The maximum absolute atomic E-state index is 13.6. The fourth-order valence-electron chi connectivity index (χ4n) is 4.96. The van der Waals surface area contributed by atoms with E-state index < -0.39 is 10.0 Å². The number of likely N-dealkylation sites (tertiary alicyclic amines) is 1. The van der Waals surface area contributed by atoms with Crippen LogP contribution in [-0.2, 0) is 14.8 Å². The van der Waals surface area contributed by atoms with Crippen molar-refractivity contribution in [3.05, 3.63) is 29.8 Å². The quantitative estimate of drug-likeness (QED) is 0.591. The summed E-state index contributed by atoms with van der Waals surface area (Å²) >= 11 is 0. The minimum absolute atomic E-state index is 0.0339. The Hall–Kier alpha value is -1.48. The Morgan fingerprint density at radius 3 is 2.24 bits per heavy atom. The molecule has 2 heterocycles. The Kier molecular flexibility index (Phi) is 9.33. The molecule has 0 aromatic heterocycles. The Bertz CT molecular complexity index is 856. The monoisotopic (exact) mass is 478 g/mol. The van der Waals surface area contributed by atoms with Gasteiger partial charge in [-0.25, -0.2) is 8.42 Å². The minimum Gasteiger partial charge on any atom is -0.340 e. The lowest BCUT2D eigenvalue weighted by Crippen LogP contribution is -2.49. The number of hydrogen-bond donors (Lipinski definition) is 1. The second-order valence-electron chi connectivity index (χ2n) is 9.88. The maximum atomic E-state index is 13.6. The van der Waals surface area contributed by atoms with Gasteiger partial charge in [-0.15, -0.1) is 0 Å². The van der Waals surface area contributed by atoms with E-state index in [0.29, 0.717) is 49.1 Å². The van der Waals surface area contributed by atoms with Gasteiger partial charge in [-0.2, -0.15) is 4.31 Å². The molecule has 2 fully saturated rings. The average molecular weight is 479 g/mol. The Balaban J connectivity index is 1.74. The third-order valence-corrected chi connectivity index (χ3v) is 9.13. The van der Waals surface area contributed by atoms with Gasteiger partial charge >= 0.3 is 0 Å². The molecular formula is C25H42N4O3S. The molecule has 7 nitrogen and oxygen atoms in total. The lowest BCUT2D eigenvalue weighted by atomic mass is 9.98. The van der Waals surface area contributed by atoms with Gasteiger partial charge in [0.05, 0.1) is 4.90 Å². The number of benzene rings is 1. The molecule has 0 saturated carbocycles. The molecule has 8 heteroatoms. The van der Waals surface area contributed by atoms with Gasteiger partial charge in [-0.1, -0.05) is 32.4 Å². The highest BCUT2D eigenvalue weighted by Gasteiger charge is 2.30. The van der Waals surface area contributed by atoms with Crippen molar-refractivity contribution < 1.29 is 13.2 Å². The lowest BCUT2D eigenvalue weighted by Gasteiger charge is -2.40. The molecule has 2 saturated heterocycles. The van der Waals surface area contributed by atoms with Gasteiger partial charge in [0.15, 0.2) is 0 Å². The summed E-state index contributed by atoms with van der Waals surface area (Å²) < 4.78 is 28.8. The zero-order valence-corrected chi connectivity index (χ0v) is 21.6. The van der Waals surface area contributed by atoms with Crippen molar-refractivity contribution in [2.75, 3.05) is 45.8 Å². The molecule has 186 valence electrons. The Morgan fingerprint density at radius 1 is 1.06 bits per heavy atom. The number of nitrogens with zero attached hydrogens (tertiary/aromatic N) is 3. The molecule has 2 aliphatic heterocycles. The predicted octanol–water partition coefficient (Wildman–Crippen LogP) is 2.89. The van der Waals surface area contributed by atoms with E-state index >= 15 is 0 Å². The van der Waals surface area contributed by atoms with Crippen LogP contribution in [0.4, 0.5) is 0 Å². The third-order valence-electron chi connectivity index (χ3n) is 7.21. The van der Waals surface area contributed by atoms with Gasteiger partial charge in [0.25, 0.3) is 0 Å². The summed E-state index contributed by atoms with van der Waals surface area (Å²) in [5.41, 5.74) is 1.12. The first-order valence-electron chi connectivity index (χ1n) is 12.5. The number of carbonyl (C=O) groups is 1. The van der Waals surface area contributed by atoms with Crippen LogP contribution < -0.4 is 5.32 Å². The molecule has 1 amide bonds. The molecule has 0 spiro atoms. The fraction of sp³-hybridized carbons (Fsp3) is 0.720. The van der Waals surface area contributed by atoms with E-state index in [-0.39, 0.29) is 18.9 Å². The summed E-state index contributed by atoms with van der Waals surface area (Å²) in [6.45, 7) is 12.9. The average Bonchev–Trinajstić information content (AvgIpc) is 2.80. The number of hydrogen-bond acceptors (Lipinski definition) is 5. The van der Waals surface area contributed by atoms with Crippen molar-refractivity contribution in [2.45, 2.75) is 76.3 Å². The minimum atomic E-state index is -3.68. The highest BCUT2D eigenvalue weighted by Crippen LogP contribution is 2.24. The van der Waals surface area contributed by atoms with Crippen molar-refractivity contribution in [3.8, 4) is 0 Å². The second kappa shape index (κ2) is 11.8. The van der Waals surface area contributed by atoms with Crippen molar-refractivity contribution >= 4 is 15.9 Å². The van der Waals surface area contributed by atoms with Gasteiger partial charge < -0.3 is 10.2 Å². The fourth-order valence-corrected chi connectivity index (χ4v) is 6.39. The molecule has 2 aliphatic rings. The van der Waals surface area contributed by atoms with Crippen LogP contribution in [0.3, 0.4) is 0 Å². The molecule has 0 aliphatic carbocycles. The Morgan fingerprint density at radius 2 is 1.67 bits per heavy atom. The first-order valence-corrected chi connectivity index (χ1v) is 14.0. The first kappa shape index (κ1) is 26.1. The second-order valence-corrected chi connectivity index (χ2v) is 11.8. The van der Waals surface area contributed by atoms with Crippen LogP contribution in [-0.4, -0.2) is 86.3 Å². The summed E-state index contributed by atoms with van der Waals surface area (Å²) in [6, 6.07) is 8.12. The van der Waals surface area contributed by atoms with E-state index in [1.807, 2.05) is 17.0 Å². The molecule has 1 N–H and O–H groups in total. The van der Waals surface area contributed by atoms with E-state index in [0.717, 1.165) is 31.5 Å². The number of nitrogens with one attached hydrogen (secondary N) is 1. The number of piperazine rings is 1. The van der Waals surface area contributed by atoms with E-state index in [9.17, 15) is 13.2 Å². The first-order chi connectivity index (χ1) is 15.7. The van der Waals surface area contributed by atoms with E-state index in [4.69, 9.17) is 0 Å². The predicted molar refractivity (Wildman–Crippen MR) is 133 cm³/mol. The van der Waals surface area contributed by atoms with Crippen LogP contribution in [0.1, 0.15) is 64.9 Å². The SMILES string of the molecule is CC(C)c1ccc(S(=O)(=O)N(CCC(=O)N2CCNCC2)CCN2C(C)CCCC2C)cc1. The highest BCUT2D eigenvalue weighted by atomic mass is 32.2. The standard InChI is InChI=1S/C25H42N4O3S/c1-20(2)23-8-10-24(11-9-23)33(31,32)28(15-12-25(30)27-16-13-26-14-17-27)18-19-29-21(3)6-5-7-22(29)4/h8-11,20-22,26H,5-7,12-19H2,1-4H3. The smallest absolute Gasteiger partial charge is 0.243 e. The zero-order valence-electron chi connectivity index (χ0n) is 20.8. The molecule has 1 aromatic carbocycles. The van der Waals surface area contributed by atoms with E-state index in [1.165, 1.54) is 10.7 Å². The van der Waals surface area contributed by atoms with Crippen LogP contribution in [0.15, 0.2) is 29.2 Å². The largest absolute Gasteiger partial charge is 0.340 e. The molecular weight excluding hydrogens is 436 g/mol. The third kappa shape index (κ3) is 6.78. The van der Waals surface area contributed by atoms with Crippen LogP contribution in [0, 0.1) is 0 Å². The van der Waals surface area contributed by atoms with Crippen LogP contribution in [0.25, 0.3) is 0 Å². The maximum Gasteiger partial charge on any atom is 0.243 e. The number of piperidine rings is 1. The van der Waals surface area contributed by atoms with Crippen molar-refractivity contribution in [3.63, 3.8) is 0 Å². The van der Waals surface area contributed by atoms with Crippen LogP contribution in [0.5, 0.6) is 0 Å². The summed E-state index contributed by atoms with van der Waals surface area (Å²) in [4.78, 5) is 17.3. The van der Waals surface area contributed by atoms with Crippen LogP contribution >= 0.6 is 0 Å². The van der Waals surface area contributed by atoms with Gasteiger partial charge in [0, 0.05) is 64.3 Å². The number of rotatable bonds is 9. The molecule has 33 heavy (non-hydrogen) atoms.